The smallest absolute Gasteiger partial charge is 0.495 e. The molecule has 0 bridgehead atoms. The Morgan fingerprint density at radius 3 is 2.64 bits per heavy atom. The van der Waals surface area contributed by atoms with Crippen LogP contribution < -0.4 is 26.0 Å². The molecule has 2 unspecified atom stereocenters. The molecular formula is C20H20BrF3N6O5P+. The third-order valence-electron chi connectivity index (χ3n) is 4.73. The summed E-state index contributed by atoms with van der Waals surface area (Å²) in [5, 5.41) is 9.79. The predicted molar refractivity (Wildman–Crippen MR) is 129 cm³/mol. The number of halogens is 4. The normalized spacial score (nSPS) is 17.5. The lowest BCUT2D eigenvalue weighted by atomic mass is 10.1. The molecule has 0 radical (unpaired) electrons. The van der Waals surface area contributed by atoms with Crippen molar-refractivity contribution in [1.29, 1.82) is 0 Å². The molecule has 3 rings (SSSR count). The summed E-state index contributed by atoms with van der Waals surface area (Å²) in [6.45, 7) is -0.255. The Morgan fingerprint density at radius 2 is 2.00 bits per heavy atom. The van der Waals surface area contributed by atoms with E-state index in [9.17, 15) is 22.5 Å². The van der Waals surface area contributed by atoms with Crippen molar-refractivity contribution in [2.75, 3.05) is 24.8 Å². The topological polar surface area (TPSA) is 146 Å². The number of amides is 1. The number of nitrogens with zero attached hydrogens (tertiary/aromatic N) is 2. The number of hydrogen-bond donors (Lipinski definition) is 5. The van der Waals surface area contributed by atoms with Gasteiger partial charge in [-0.15, -0.1) is 9.42 Å². The largest absolute Gasteiger partial charge is 0.695 e. The molecule has 11 nitrogen and oxygen atoms in total. The van der Waals surface area contributed by atoms with E-state index < -0.39 is 26.1 Å². The van der Waals surface area contributed by atoms with E-state index in [1.807, 2.05) is 0 Å². The van der Waals surface area contributed by atoms with E-state index in [4.69, 9.17) is 9.63 Å². The molecule has 0 saturated carbocycles. The number of benzene rings is 1. The maximum absolute atomic E-state index is 14.3. The molecule has 1 aliphatic heterocycles. The predicted octanol–water partition coefficient (Wildman–Crippen LogP) is 3.63. The van der Waals surface area contributed by atoms with Crippen LogP contribution in [-0.4, -0.2) is 48.1 Å². The maximum Gasteiger partial charge on any atom is 0.695 e. The number of nitrogens with one attached hydrogen (secondary N) is 4. The second-order valence-electron chi connectivity index (χ2n) is 7.10. The molecule has 1 aromatic heterocycles. The second-order valence-corrected chi connectivity index (χ2v) is 8.64. The first-order valence-corrected chi connectivity index (χ1v) is 11.9. The van der Waals surface area contributed by atoms with E-state index in [0.717, 1.165) is 6.21 Å². The molecule has 2 heterocycles. The zero-order valence-electron chi connectivity index (χ0n) is 18.7. The van der Waals surface area contributed by atoms with Crippen LogP contribution in [0, 0.1) is 0 Å². The third kappa shape index (κ3) is 6.29. The van der Waals surface area contributed by atoms with Crippen molar-refractivity contribution < 1.29 is 36.7 Å². The van der Waals surface area contributed by atoms with Gasteiger partial charge in [0, 0.05) is 17.8 Å². The Morgan fingerprint density at radius 1 is 1.28 bits per heavy atom. The molecule has 36 heavy (non-hydrogen) atoms. The summed E-state index contributed by atoms with van der Waals surface area (Å²) < 4.78 is 63.9. The number of aliphatic imine (C=N–C) groups is 1. The molecule has 16 heteroatoms. The molecule has 192 valence electrons. The molecule has 0 saturated heterocycles. The number of carbonyl (C=O) groups is 1. The van der Waals surface area contributed by atoms with E-state index >= 15 is 0 Å². The van der Waals surface area contributed by atoms with E-state index in [2.05, 4.69) is 51.7 Å². The molecular weight excluding hydrogens is 572 g/mol. The summed E-state index contributed by atoms with van der Waals surface area (Å²) in [6.07, 6.45) is -2.74. The molecule has 1 aliphatic rings. The van der Waals surface area contributed by atoms with Crippen LogP contribution >= 0.6 is 24.2 Å². The first-order chi connectivity index (χ1) is 17.0. The molecule has 1 amide bonds. The highest BCUT2D eigenvalue weighted by molar-refractivity contribution is 9.10. The van der Waals surface area contributed by atoms with E-state index in [1.165, 1.54) is 50.6 Å². The number of ether oxygens (including phenoxy) is 1. The van der Waals surface area contributed by atoms with Crippen molar-refractivity contribution in [1.82, 2.24) is 15.6 Å². The molecule has 0 aliphatic carbocycles. The van der Waals surface area contributed by atoms with Crippen LogP contribution in [0.3, 0.4) is 0 Å². The van der Waals surface area contributed by atoms with Gasteiger partial charge in [0.1, 0.15) is 22.8 Å². The first kappa shape index (κ1) is 27.3. The quantitative estimate of drug-likeness (QED) is 0.218. The van der Waals surface area contributed by atoms with Crippen molar-refractivity contribution in [3.05, 3.63) is 58.1 Å². The van der Waals surface area contributed by atoms with Gasteiger partial charge in [-0.2, -0.15) is 13.2 Å². The second kappa shape index (κ2) is 11.2. The van der Waals surface area contributed by atoms with Crippen molar-refractivity contribution in [3.8, 4) is 5.75 Å². The Labute approximate surface area is 212 Å². The fourth-order valence-electron chi connectivity index (χ4n) is 3.07. The van der Waals surface area contributed by atoms with Gasteiger partial charge in [-0.1, -0.05) is 6.07 Å². The Hall–Kier alpha value is -3.26. The number of allylic oxidation sites excluding steroid dienone is 1. The van der Waals surface area contributed by atoms with Gasteiger partial charge in [0.05, 0.1) is 18.5 Å². The van der Waals surface area contributed by atoms with E-state index in [0.29, 0.717) is 10.2 Å². The summed E-state index contributed by atoms with van der Waals surface area (Å²) in [7, 11) is -0.200. The number of methoxy groups -OCH3 is 1. The lowest BCUT2D eigenvalue weighted by Gasteiger charge is -2.37. The third-order valence-corrected chi connectivity index (χ3v) is 5.52. The van der Waals surface area contributed by atoms with Gasteiger partial charge in [-0.3, -0.25) is 4.79 Å². The van der Waals surface area contributed by atoms with Crippen LogP contribution in [0.1, 0.15) is 16.1 Å². The Bertz CT molecular complexity index is 1230. The highest BCUT2D eigenvalue weighted by Gasteiger charge is 2.57. The number of rotatable bonds is 9. The summed E-state index contributed by atoms with van der Waals surface area (Å²) in [5.74, 6) is -3.68. The zero-order chi connectivity index (χ0) is 26.5. The molecule has 0 spiro atoms. The summed E-state index contributed by atoms with van der Waals surface area (Å²) in [4.78, 5) is 28.7. The van der Waals surface area contributed by atoms with Crippen molar-refractivity contribution >= 4 is 47.7 Å². The van der Waals surface area contributed by atoms with Crippen LogP contribution in [0.25, 0.3) is 0 Å². The van der Waals surface area contributed by atoms with Crippen LogP contribution in [0.15, 0.2) is 51.8 Å². The van der Waals surface area contributed by atoms with Gasteiger partial charge in [0.2, 0.25) is 0 Å². The van der Waals surface area contributed by atoms with Crippen molar-refractivity contribution in [2.45, 2.75) is 18.6 Å². The van der Waals surface area contributed by atoms with Gasteiger partial charge >= 0.3 is 20.2 Å². The fourth-order valence-corrected chi connectivity index (χ4v) is 3.64. The first-order valence-electron chi connectivity index (χ1n) is 9.98. The highest BCUT2D eigenvalue weighted by atomic mass is 79.9. The Kier molecular flexibility index (Phi) is 8.51. The van der Waals surface area contributed by atoms with E-state index in [1.54, 1.807) is 0 Å². The number of alkyl halides is 3. The maximum atomic E-state index is 14.3. The van der Waals surface area contributed by atoms with Gasteiger partial charge < -0.3 is 26.0 Å². The van der Waals surface area contributed by atoms with Crippen LogP contribution in [0.5, 0.6) is 5.75 Å². The minimum atomic E-state index is -4.95. The number of pyridine rings is 1. The molecule has 1 aromatic carbocycles. The number of hydrogen-bond acceptors (Lipinski definition) is 9. The monoisotopic (exact) mass is 591 g/mol. The number of aromatic nitrogens is 1. The lowest BCUT2D eigenvalue weighted by molar-refractivity contribution is -0.183. The molecule has 5 N–H and O–H groups in total. The van der Waals surface area contributed by atoms with Crippen LogP contribution in [-0.2, 0) is 15.7 Å². The van der Waals surface area contributed by atoms with Gasteiger partial charge in [0.15, 0.2) is 5.69 Å². The zero-order valence-corrected chi connectivity index (χ0v) is 21.2. The van der Waals surface area contributed by atoms with Gasteiger partial charge in [0.25, 0.3) is 5.91 Å². The highest BCUT2D eigenvalue weighted by Crippen LogP contribution is 2.38. The Balaban J connectivity index is 1.91. The summed E-state index contributed by atoms with van der Waals surface area (Å²) in [5.41, 5.74) is 0.412. The van der Waals surface area contributed by atoms with E-state index in [-0.39, 0.29) is 35.2 Å². The standard InChI is InChI=1S/C20H19BrF3N6O5P/c1-25-18(31)17-13(5-6-15(21)28-17)27-16-7-8-26-20(30-16,19(22,23)24)29-12-4-3-11(9-14(12)34-2)10-35-36(32)33/h3-9,29H,10H2,1-2H3,(H3-,25,26,27,30,31,32,33)/p+1. The molecule has 2 aromatic rings. The average molecular weight is 592 g/mol. The van der Waals surface area contributed by atoms with Crippen molar-refractivity contribution in [3.63, 3.8) is 0 Å². The van der Waals surface area contributed by atoms with Crippen molar-refractivity contribution in [2.24, 2.45) is 4.99 Å². The van der Waals surface area contributed by atoms with Gasteiger partial charge in [-0.25, -0.2) is 9.98 Å². The van der Waals surface area contributed by atoms with Gasteiger partial charge in [-0.05, 0) is 51.8 Å². The SMILES string of the molecule is CNC(=O)c1nc(Br)ccc1NC1=CC=NC(Nc2ccc(CO[P+](=O)O)cc2OC)(C(F)(F)F)N1. The average Bonchev–Trinajstić information content (AvgIpc) is 2.83. The fraction of sp³-hybridized carbons (Fsp3) is 0.250. The summed E-state index contributed by atoms with van der Waals surface area (Å²) in [6, 6.07) is 7.04. The molecule has 2 atom stereocenters. The number of carbonyl (C=O) groups excluding carboxylic acids is 1. The van der Waals surface area contributed by atoms with Crippen LogP contribution in [0.4, 0.5) is 24.5 Å². The summed E-state index contributed by atoms with van der Waals surface area (Å²) >= 11 is 3.16. The minimum Gasteiger partial charge on any atom is -0.495 e. The minimum absolute atomic E-state index is 0.00738. The molecule has 0 fully saturated rings. The van der Waals surface area contributed by atoms with Crippen LogP contribution in [0.2, 0.25) is 0 Å². The lowest BCUT2D eigenvalue weighted by Crippen LogP contribution is -2.62. The number of anilines is 2.